The number of H-pyrrole nitrogens is 1. The van der Waals surface area contributed by atoms with Crippen molar-refractivity contribution < 1.29 is 9.59 Å². The average molecular weight is 440 g/mol. The number of hydrogen-bond donors (Lipinski definition) is 3. The number of nitrogens with one attached hydrogen (secondary N) is 3. The summed E-state index contributed by atoms with van der Waals surface area (Å²) in [7, 11) is 0. The summed E-state index contributed by atoms with van der Waals surface area (Å²) >= 11 is 1.30. The number of carbonyl (C=O) groups excluding carboxylic acids is 2. The average Bonchev–Trinajstić information content (AvgIpc) is 3.53. The predicted molar refractivity (Wildman–Crippen MR) is 128 cm³/mol. The van der Waals surface area contributed by atoms with Crippen LogP contribution in [0.1, 0.15) is 38.1 Å². The lowest BCUT2D eigenvalue weighted by Crippen LogP contribution is -2.29. The molecule has 2 amide bonds. The molecule has 2 aromatic heterocycles. The van der Waals surface area contributed by atoms with E-state index in [4.69, 9.17) is 0 Å². The van der Waals surface area contributed by atoms with Crippen molar-refractivity contribution in [1.82, 2.24) is 10.3 Å². The summed E-state index contributed by atoms with van der Waals surface area (Å²) in [6, 6.07) is 25.5. The minimum Gasteiger partial charge on any atom is -0.362 e. The molecule has 0 saturated heterocycles. The van der Waals surface area contributed by atoms with Gasteiger partial charge in [0.1, 0.15) is 5.00 Å². The first-order valence-corrected chi connectivity index (χ1v) is 11.2. The van der Waals surface area contributed by atoms with E-state index < -0.39 is 0 Å². The fraction of sp³-hybridized carbons (Fsp3) is 0.0769. The standard InChI is InChI=1S/C26H21N3O2S/c30-24-20(15-19-12-7-13-27-19)21-16-23(32-26(21)29-24)25(31)28-22(18-10-5-2-6-11-18)14-17-8-3-1-4-9-17/h1-13,15-16,22,27H,14H2,(H,28,31)(H,29,30)/b20-15-. The lowest BCUT2D eigenvalue weighted by Gasteiger charge is -2.19. The molecular weight excluding hydrogens is 418 g/mol. The van der Waals surface area contributed by atoms with E-state index in [-0.39, 0.29) is 17.9 Å². The molecule has 1 unspecified atom stereocenters. The first-order valence-electron chi connectivity index (χ1n) is 10.4. The van der Waals surface area contributed by atoms with Crippen molar-refractivity contribution in [2.75, 3.05) is 5.32 Å². The van der Waals surface area contributed by atoms with Crippen molar-refractivity contribution in [3.05, 3.63) is 112 Å². The third kappa shape index (κ3) is 4.13. The topological polar surface area (TPSA) is 74.0 Å². The van der Waals surface area contributed by atoms with Gasteiger partial charge in [-0.3, -0.25) is 9.59 Å². The Morgan fingerprint density at radius 1 is 1.00 bits per heavy atom. The van der Waals surface area contributed by atoms with Crippen LogP contribution in [0, 0.1) is 0 Å². The molecule has 3 heterocycles. The Kier molecular flexibility index (Phi) is 5.44. The van der Waals surface area contributed by atoms with Crippen LogP contribution in [0.15, 0.2) is 85.1 Å². The van der Waals surface area contributed by atoms with Crippen LogP contribution in [-0.4, -0.2) is 16.8 Å². The van der Waals surface area contributed by atoms with E-state index in [2.05, 4.69) is 27.8 Å². The van der Waals surface area contributed by atoms with E-state index in [0.717, 1.165) is 22.4 Å². The highest BCUT2D eigenvalue weighted by atomic mass is 32.1. The largest absolute Gasteiger partial charge is 0.362 e. The summed E-state index contributed by atoms with van der Waals surface area (Å²) < 4.78 is 0. The fourth-order valence-electron chi connectivity index (χ4n) is 3.84. The van der Waals surface area contributed by atoms with Crippen LogP contribution >= 0.6 is 11.3 Å². The first-order chi connectivity index (χ1) is 15.7. The van der Waals surface area contributed by atoms with Crippen molar-refractivity contribution in [2.45, 2.75) is 12.5 Å². The minimum atomic E-state index is -0.161. The Bertz CT molecular complexity index is 1280. The van der Waals surface area contributed by atoms with Crippen LogP contribution in [0.4, 0.5) is 5.00 Å². The van der Waals surface area contributed by atoms with E-state index >= 15 is 0 Å². The molecule has 2 aromatic carbocycles. The number of amides is 2. The van der Waals surface area contributed by atoms with Crippen molar-refractivity contribution in [2.24, 2.45) is 0 Å². The predicted octanol–water partition coefficient (Wildman–Crippen LogP) is 5.28. The molecule has 6 heteroatoms. The number of aromatic nitrogens is 1. The van der Waals surface area contributed by atoms with Crippen molar-refractivity contribution in [1.29, 1.82) is 0 Å². The highest BCUT2D eigenvalue weighted by Gasteiger charge is 2.29. The number of benzene rings is 2. The SMILES string of the molecule is O=C1Nc2sc(C(=O)NC(Cc3ccccc3)c3ccccc3)cc2/C1=C/c1ccc[nH]1. The first kappa shape index (κ1) is 20.0. The summed E-state index contributed by atoms with van der Waals surface area (Å²) in [6.45, 7) is 0. The molecular formula is C26H21N3O2S. The maximum Gasteiger partial charge on any atom is 0.261 e. The van der Waals surface area contributed by atoms with Gasteiger partial charge in [-0.25, -0.2) is 0 Å². The Balaban J connectivity index is 1.40. The molecule has 1 aliphatic rings. The number of aromatic amines is 1. The molecule has 1 atom stereocenters. The van der Waals surface area contributed by atoms with Gasteiger partial charge in [-0.1, -0.05) is 60.7 Å². The molecule has 32 heavy (non-hydrogen) atoms. The minimum absolute atomic E-state index is 0.150. The van der Waals surface area contributed by atoms with Crippen LogP contribution < -0.4 is 10.6 Å². The van der Waals surface area contributed by atoms with E-state index in [0.29, 0.717) is 21.9 Å². The summed E-state index contributed by atoms with van der Waals surface area (Å²) in [5, 5.41) is 6.77. The van der Waals surface area contributed by atoms with E-state index in [1.807, 2.05) is 66.9 Å². The molecule has 5 rings (SSSR count). The van der Waals surface area contributed by atoms with Gasteiger partial charge in [0.05, 0.1) is 16.5 Å². The van der Waals surface area contributed by atoms with Crippen LogP contribution in [0.2, 0.25) is 0 Å². The summed E-state index contributed by atoms with van der Waals surface area (Å²) in [5.74, 6) is -0.304. The lowest BCUT2D eigenvalue weighted by molar-refractivity contribution is -0.110. The second-order valence-electron chi connectivity index (χ2n) is 7.62. The second-order valence-corrected chi connectivity index (χ2v) is 8.67. The molecule has 1 aliphatic heterocycles. The fourth-order valence-corrected chi connectivity index (χ4v) is 4.81. The molecule has 158 valence electrons. The number of anilines is 1. The molecule has 0 fully saturated rings. The van der Waals surface area contributed by atoms with Crippen LogP contribution in [0.5, 0.6) is 0 Å². The van der Waals surface area contributed by atoms with Gasteiger partial charge in [-0.05, 0) is 41.8 Å². The third-order valence-corrected chi connectivity index (χ3v) is 6.48. The molecule has 3 N–H and O–H groups in total. The number of rotatable bonds is 6. The van der Waals surface area contributed by atoms with Gasteiger partial charge < -0.3 is 15.6 Å². The summed E-state index contributed by atoms with van der Waals surface area (Å²) in [6.07, 6.45) is 4.30. The zero-order valence-electron chi connectivity index (χ0n) is 17.2. The maximum atomic E-state index is 13.2. The van der Waals surface area contributed by atoms with Crippen LogP contribution in [0.25, 0.3) is 11.6 Å². The van der Waals surface area contributed by atoms with Crippen LogP contribution in [-0.2, 0) is 11.2 Å². The van der Waals surface area contributed by atoms with Crippen molar-refractivity contribution in [3.63, 3.8) is 0 Å². The van der Waals surface area contributed by atoms with Gasteiger partial charge >= 0.3 is 0 Å². The van der Waals surface area contributed by atoms with Crippen molar-refractivity contribution >= 4 is 39.8 Å². The lowest BCUT2D eigenvalue weighted by atomic mass is 9.98. The Morgan fingerprint density at radius 3 is 2.47 bits per heavy atom. The summed E-state index contributed by atoms with van der Waals surface area (Å²) in [5.41, 5.74) is 4.36. The smallest absolute Gasteiger partial charge is 0.261 e. The molecule has 5 nitrogen and oxygen atoms in total. The molecule has 0 spiro atoms. The van der Waals surface area contributed by atoms with Crippen molar-refractivity contribution in [3.8, 4) is 0 Å². The van der Waals surface area contributed by atoms with Gasteiger partial charge in [0.25, 0.3) is 11.8 Å². The van der Waals surface area contributed by atoms with E-state index in [1.54, 1.807) is 12.1 Å². The Morgan fingerprint density at radius 2 is 1.75 bits per heavy atom. The zero-order chi connectivity index (χ0) is 21.9. The van der Waals surface area contributed by atoms with Gasteiger partial charge in [0, 0.05) is 17.5 Å². The summed E-state index contributed by atoms with van der Waals surface area (Å²) in [4.78, 5) is 29.2. The van der Waals surface area contributed by atoms with Gasteiger partial charge in [0.15, 0.2) is 0 Å². The maximum absolute atomic E-state index is 13.2. The Labute approximate surface area is 189 Å². The molecule has 0 saturated carbocycles. The third-order valence-electron chi connectivity index (χ3n) is 5.43. The quantitative estimate of drug-likeness (QED) is 0.358. The molecule has 4 aromatic rings. The van der Waals surface area contributed by atoms with E-state index in [1.165, 1.54) is 11.3 Å². The van der Waals surface area contributed by atoms with Gasteiger partial charge in [0.2, 0.25) is 0 Å². The number of thiophene rings is 1. The number of fused-ring (bicyclic) bond motifs is 1. The van der Waals surface area contributed by atoms with Crippen LogP contribution in [0.3, 0.4) is 0 Å². The number of hydrogen-bond acceptors (Lipinski definition) is 3. The Hall–Kier alpha value is -3.90. The highest BCUT2D eigenvalue weighted by molar-refractivity contribution is 7.18. The number of carbonyl (C=O) groups is 2. The molecule has 0 aliphatic carbocycles. The van der Waals surface area contributed by atoms with Gasteiger partial charge in [-0.15, -0.1) is 11.3 Å². The van der Waals surface area contributed by atoms with E-state index in [9.17, 15) is 9.59 Å². The van der Waals surface area contributed by atoms with Gasteiger partial charge in [-0.2, -0.15) is 0 Å². The second kappa shape index (κ2) is 8.69. The normalized spacial score (nSPS) is 14.8. The monoisotopic (exact) mass is 439 g/mol. The highest BCUT2D eigenvalue weighted by Crippen LogP contribution is 2.40. The molecule has 0 bridgehead atoms. The molecule has 0 radical (unpaired) electrons. The zero-order valence-corrected chi connectivity index (χ0v) is 18.0.